The highest BCUT2D eigenvalue weighted by Crippen LogP contribution is 2.17. The largest absolute Gasteiger partial charge is 0.301 e. The van der Waals surface area contributed by atoms with Gasteiger partial charge in [0.25, 0.3) is 0 Å². The lowest BCUT2D eigenvalue weighted by molar-refractivity contribution is 0.153. The molecule has 1 nitrogen and oxygen atoms in total. The molecule has 1 heteroatoms. The van der Waals surface area contributed by atoms with Gasteiger partial charge < -0.3 is 4.90 Å². The van der Waals surface area contributed by atoms with Gasteiger partial charge in [0, 0.05) is 12.1 Å². The molecule has 0 bridgehead atoms. The molecule has 0 saturated heterocycles. The molecule has 0 heterocycles. The number of hydrogen-bond acceptors (Lipinski definition) is 1. The SMILES string of the molecule is CCC(C)CC(C)N(C)C(CC)CC. The Balaban J connectivity index is 4.02. The average molecular weight is 199 g/mol. The van der Waals surface area contributed by atoms with Crippen molar-refractivity contribution in [2.75, 3.05) is 7.05 Å². The molecular weight excluding hydrogens is 170 g/mol. The Kier molecular flexibility index (Phi) is 7.26. The van der Waals surface area contributed by atoms with Crippen LogP contribution in [-0.4, -0.2) is 24.0 Å². The van der Waals surface area contributed by atoms with Crippen LogP contribution in [0.2, 0.25) is 0 Å². The summed E-state index contributed by atoms with van der Waals surface area (Å²) in [6.07, 6.45) is 5.19. The van der Waals surface area contributed by atoms with Crippen molar-refractivity contribution in [3.63, 3.8) is 0 Å². The van der Waals surface area contributed by atoms with Gasteiger partial charge in [-0.05, 0) is 39.2 Å². The molecule has 0 rings (SSSR count). The minimum Gasteiger partial charge on any atom is -0.301 e. The van der Waals surface area contributed by atoms with Crippen molar-refractivity contribution >= 4 is 0 Å². The molecule has 0 aliphatic carbocycles. The van der Waals surface area contributed by atoms with Gasteiger partial charge in [0.1, 0.15) is 0 Å². The molecule has 14 heavy (non-hydrogen) atoms. The Morgan fingerprint density at radius 1 is 0.929 bits per heavy atom. The molecule has 0 aromatic heterocycles. The zero-order valence-electron chi connectivity index (χ0n) is 11.0. The average Bonchev–Trinajstić information content (AvgIpc) is 2.19. The first-order valence-electron chi connectivity index (χ1n) is 6.28. The zero-order valence-corrected chi connectivity index (χ0v) is 11.0. The smallest absolute Gasteiger partial charge is 0.00897 e. The van der Waals surface area contributed by atoms with Crippen LogP contribution in [0.15, 0.2) is 0 Å². The molecule has 0 spiro atoms. The van der Waals surface area contributed by atoms with Crippen molar-refractivity contribution in [1.82, 2.24) is 4.90 Å². The molecule has 0 aromatic rings. The van der Waals surface area contributed by atoms with Gasteiger partial charge in [0.15, 0.2) is 0 Å². The molecule has 0 fully saturated rings. The van der Waals surface area contributed by atoms with E-state index in [9.17, 15) is 0 Å². The standard InChI is InChI=1S/C13H29N/c1-7-11(4)10-12(5)14(6)13(8-2)9-3/h11-13H,7-10H2,1-6H3. The van der Waals surface area contributed by atoms with Gasteiger partial charge in [0.2, 0.25) is 0 Å². The molecule has 0 N–H and O–H groups in total. The van der Waals surface area contributed by atoms with Gasteiger partial charge in [-0.2, -0.15) is 0 Å². The second-order valence-electron chi connectivity index (χ2n) is 4.73. The second-order valence-corrected chi connectivity index (χ2v) is 4.73. The Labute approximate surface area is 90.9 Å². The number of hydrogen-bond donors (Lipinski definition) is 0. The second kappa shape index (κ2) is 7.28. The minimum atomic E-state index is 0.731. The summed E-state index contributed by atoms with van der Waals surface area (Å²) in [6, 6.07) is 1.50. The first-order chi connectivity index (χ1) is 6.56. The first kappa shape index (κ1) is 14.0. The molecule has 0 saturated carbocycles. The maximum Gasteiger partial charge on any atom is 0.00897 e. The van der Waals surface area contributed by atoms with Crippen molar-refractivity contribution in [2.24, 2.45) is 5.92 Å². The van der Waals surface area contributed by atoms with Crippen LogP contribution in [0.25, 0.3) is 0 Å². The number of rotatable bonds is 7. The van der Waals surface area contributed by atoms with Crippen LogP contribution in [0, 0.1) is 5.92 Å². The molecule has 86 valence electrons. The highest BCUT2D eigenvalue weighted by molar-refractivity contribution is 4.73. The van der Waals surface area contributed by atoms with Gasteiger partial charge in [-0.3, -0.25) is 0 Å². The highest BCUT2D eigenvalue weighted by Gasteiger charge is 2.17. The van der Waals surface area contributed by atoms with E-state index in [1.54, 1.807) is 0 Å². The van der Waals surface area contributed by atoms with Crippen LogP contribution in [0.1, 0.15) is 60.3 Å². The van der Waals surface area contributed by atoms with Crippen molar-refractivity contribution in [3.8, 4) is 0 Å². The lowest BCUT2D eigenvalue weighted by Gasteiger charge is -2.33. The topological polar surface area (TPSA) is 3.24 Å². The summed E-state index contributed by atoms with van der Waals surface area (Å²) in [5, 5.41) is 0. The predicted octanol–water partition coefficient (Wildman–Crippen LogP) is 3.93. The fourth-order valence-electron chi connectivity index (χ4n) is 2.14. The van der Waals surface area contributed by atoms with Gasteiger partial charge in [-0.1, -0.05) is 34.1 Å². The summed E-state index contributed by atoms with van der Waals surface area (Å²) in [7, 11) is 2.28. The van der Waals surface area contributed by atoms with Gasteiger partial charge in [-0.15, -0.1) is 0 Å². The van der Waals surface area contributed by atoms with E-state index in [0.717, 1.165) is 18.0 Å². The van der Waals surface area contributed by atoms with Crippen molar-refractivity contribution < 1.29 is 0 Å². The summed E-state index contributed by atoms with van der Waals surface area (Å²) in [4.78, 5) is 2.56. The summed E-state index contributed by atoms with van der Waals surface area (Å²) >= 11 is 0. The molecule has 0 aliphatic rings. The van der Waals surface area contributed by atoms with Gasteiger partial charge in [-0.25, -0.2) is 0 Å². The number of nitrogens with zero attached hydrogens (tertiary/aromatic N) is 1. The van der Waals surface area contributed by atoms with E-state index in [4.69, 9.17) is 0 Å². The zero-order chi connectivity index (χ0) is 11.1. The lowest BCUT2D eigenvalue weighted by Crippen LogP contribution is -2.38. The van der Waals surface area contributed by atoms with E-state index in [0.29, 0.717) is 0 Å². The van der Waals surface area contributed by atoms with Gasteiger partial charge >= 0.3 is 0 Å². The lowest BCUT2D eigenvalue weighted by atomic mass is 9.98. The summed E-state index contributed by atoms with van der Waals surface area (Å²) < 4.78 is 0. The first-order valence-corrected chi connectivity index (χ1v) is 6.28. The van der Waals surface area contributed by atoms with E-state index in [-0.39, 0.29) is 0 Å². The molecule has 2 atom stereocenters. The summed E-state index contributed by atoms with van der Waals surface area (Å²) in [5.74, 6) is 0.863. The highest BCUT2D eigenvalue weighted by atomic mass is 15.1. The van der Waals surface area contributed by atoms with Crippen LogP contribution in [0.3, 0.4) is 0 Å². The van der Waals surface area contributed by atoms with E-state index in [2.05, 4.69) is 46.6 Å². The van der Waals surface area contributed by atoms with Gasteiger partial charge in [0.05, 0.1) is 0 Å². The fraction of sp³-hybridized carbons (Fsp3) is 1.00. The third kappa shape index (κ3) is 4.45. The van der Waals surface area contributed by atoms with E-state index < -0.39 is 0 Å². The van der Waals surface area contributed by atoms with Crippen LogP contribution >= 0.6 is 0 Å². The third-order valence-corrected chi connectivity index (χ3v) is 3.65. The molecular formula is C13H29N. The molecule has 0 aliphatic heterocycles. The summed E-state index contributed by atoms with van der Waals surface area (Å²) in [6.45, 7) is 11.6. The molecule has 0 aromatic carbocycles. The van der Waals surface area contributed by atoms with Crippen molar-refractivity contribution in [2.45, 2.75) is 72.4 Å². The maximum atomic E-state index is 2.56. The quantitative estimate of drug-likeness (QED) is 0.600. The van der Waals surface area contributed by atoms with E-state index >= 15 is 0 Å². The fourth-order valence-corrected chi connectivity index (χ4v) is 2.14. The molecule has 0 amide bonds. The summed E-state index contributed by atoms with van der Waals surface area (Å²) in [5.41, 5.74) is 0. The normalized spacial score (nSPS) is 16.3. The van der Waals surface area contributed by atoms with E-state index in [1.807, 2.05) is 0 Å². The third-order valence-electron chi connectivity index (χ3n) is 3.65. The minimum absolute atomic E-state index is 0.731. The Morgan fingerprint density at radius 2 is 1.43 bits per heavy atom. The Morgan fingerprint density at radius 3 is 1.79 bits per heavy atom. The van der Waals surface area contributed by atoms with Crippen LogP contribution in [-0.2, 0) is 0 Å². The maximum absolute atomic E-state index is 2.56. The molecule has 0 radical (unpaired) electrons. The van der Waals surface area contributed by atoms with E-state index in [1.165, 1.54) is 25.7 Å². The van der Waals surface area contributed by atoms with Crippen LogP contribution < -0.4 is 0 Å². The molecule has 2 unspecified atom stereocenters. The Bertz CT molecular complexity index is 129. The van der Waals surface area contributed by atoms with Crippen molar-refractivity contribution in [3.05, 3.63) is 0 Å². The Hall–Kier alpha value is -0.0400. The van der Waals surface area contributed by atoms with Crippen molar-refractivity contribution in [1.29, 1.82) is 0 Å². The van der Waals surface area contributed by atoms with Crippen LogP contribution in [0.5, 0.6) is 0 Å². The monoisotopic (exact) mass is 199 g/mol. The predicted molar refractivity (Wildman–Crippen MR) is 65.7 cm³/mol. The van der Waals surface area contributed by atoms with Crippen LogP contribution in [0.4, 0.5) is 0 Å².